The van der Waals surface area contributed by atoms with Crippen LogP contribution in [0.3, 0.4) is 0 Å². The van der Waals surface area contributed by atoms with Crippen molar-refractivity contribution in [3.63, 3.8) is 0 Å². The second-order valence-corrected chi connectivity index (χ2v) is 7.04. The third kappa shape index (κ3) is 2.49. The lowest BCUT2D eigenvalue weighted by molar-refractivity contribution is 0.155. The maximum Gasteiger partial charge on any atom is 0.322 e. The SMILES string of the molecule is CNc1n[nH]c2c1CN(C(=O)Nc1c(C)cccc1Br)C2(C)C. The van der Waals surface area contributed by atoms with E-state index in [2.05, 4.69) is 36.8 Å². The zero-order valence-corrected chi connectivity index (χ0v) is 15.2. The molecule has 3 rings (SSSR count). The molecule has 23 heavy (non-hydrogen) atoms. The molecule has 7 heteroatoms. The van der Waals surface area contributed by atoms with E-state index in [0.29, 0.717) is 6.54 Å². The summed E-state index contributed by atoms with van der Waals surface area (Å²) in [5.74, 6) is 0.792. The number of anilines is 2. The number of nitrogens with one attached hydrogen (secondary N) is 3. The van der Waals surface area contributed by atoms with E-state index in [0.717, 1.165) is 32.8 Å². The number of hydrogen-bond donors (Lipinski definition) is 3. The van der Waals surface area contributed by atoms with E-state index in [4.69, 9.17) is 0 Å². The third-order valence-electron chi connectivity index (χ3n) is 4.41. The first kappa shape index (κ1) is 15.9. The molecule has 0 aliphatic carbocycles. The predicted octanol–water partition coefficient (Wildman–Crippen LogP) is 3.81. The van der Waals surface area contributed by atoms with Crippen molar-refractivity contribution in [2.45, 2.75) is 32.9 Å². The summed E-state index contributed by atoms with van der Waals surface area (Å²) in [7, 11) is 1.83. The summed E-state index contributed by atoms with van der Waals surface area (Å²) in [6.07, 6.45) is 0. The highest BCUT2D eigenvalue weighted by Gasteiger charge is 2.43. The van der Waals surface area contributed by atoms with Gasteiger partial charge in [-0.05, 0) is 48.3 Å². The molecule has 2 aromatic rings. The Labute approximate surface area is 143 Å². The van der Waals surface area contributed by atoms with Gasteiger partial charge in [-0.2, -0.15) is 5.10 Å². The maximum atomic E-state index is 12.8. The number of hydrogen-bond acceptors (Lipinski definition) is 3. The van der Waals surface area contributed by atoms with E-state index >= 15 is 0 Å². The molecule has 0 atom stereocenters. The Hall–Kier alpha value is -2.02. The minimum absolute atomic E-state index is 0.128. The molecule has 6 nitrogen and oxygen atoms in total. The number of aromatic nitrogens is 2. The van der Waals surface area contributed by atoms with E-state index in [1.54, 1.807) is 0 Å². The number of aromatic amines is 1. The largest absolute Gasteiger partial charge is 0.371 e. The number of amides is 2. The molecule has 3 N–H and O–H groups in total. The number of para-hydroxylation sites is 1. The summed E-state index contributed by atoms with van der Waals surface area (Å²) in [5.41, 5.74) is 3.38. The zero-order valence-electron chi connectivity index (χ0n) is 13.6. The van der Waals surface area contributed by atoms with Gasteiger partial charge in [0.1, 0.15) is 0 Å². The van der Waals surface area contributed by atoms with Crippen molar-refractivity contribution in [3.8, 4) is 0 Å². The second kappa shape index (κ2) is 5.56. The standard InChI is InChI=1S/C16H20BrN5O/c1-9-6-5-7-11(17)12(9)19-15(23)22-8-10-13(16(22,2)3)20-21-14(10)18-4/h5-7H,8H2,1-4H3,(H,19,23)(H2,18,20,21). The van der Waals surface area contributed by atoms with Gasteiger partial charge in [0, 0.05) is 17.1 Å². The number of carbonyl (C=O) groups is 1. The average molecular weight is 378 g/mol. The number of H-pyrrole nitrogens is 1. The summed E-state index contributed by atoms with van der Waals surface area (Å²) in [6, 6.07) is 5.71. The highest BCUT2D eigenvalue weighted by atomic mass is 79.9. The van der Waals surface area contributed by atoms with Gasteiger partial charge in [0.15, 0.2) is 5.82 Å². The Bertz CT molecular complexity index is 748. The summed E-state index contributed by atoms with van der Waals surface area (Å²) in [6.45, 7) is 6.53. The first-order valence-corrected chi connectivity index (χ1v) is 8.24. The van der Waals surface area contributed by atoms with Crippen molar-refractivity contribution in [1.82, 2.24) is 15.1 Å². The first-order valence-electron chi connectivity index (χ1n) is 7.45. The molecule has 1 aliphatic heterocycles. The number of rotatable bonds is 2. The van der Waals surface area contributed by atoms with Gasteiger partial charge in [-0.1, -0.05) is 12.1 Å². The monoisotopic (exact) mass is 377 g/mol. The molecule has 2 amide bonds. The van der Waals surface area contributed by atoms with Crippen molar-refractivity contribution in [3.05, 3.63) is 39.5 Å². The van der Waals surface area contributed by atoms with Crippen LogP contribution in [0.5, 0.6) is 0 Å². The van der Waals surface area contributed by atoms with Crippen LogP contribution in [-0.2, 0) is 12.1 Å². The third-order valence-corrected chi connectivity index (χ3v) is 5.07. The van der Waals surface area contributed by atoms with Gasteiger partial charge in [0.05, 0.1) is 23.5 Å². The molecule has 2 heterocycles. The van der Waals surface area contributed by atoms with Crippen molar-refractivity contribution in [2.75, 3.05) is 17.7 Å². The predicted molar refractivity (Wildman–Crippen MR) is 94.6 cm³/mol. The van der Waals surface area contributed by atoms with Gasteiger partial charge in [-0.15, -0.1) is 0 Å². The molecule has 0 fully saturated rings. The molecular weight excluding hydrogens is 358 g/mol. The number of halogens is 1. The quantitative estimate of drug-likeness (QED) is 0.744. The molecule has 0 saturated heterocycles. The minimum Gasteiger partial charge on any atom is -0.371 e. The smallest absolute Gasteiger partial charge is 0.322 e. The van der Waals surface area contributed by atoms with Crippen LogP contribution in [0.4, 0.5) is 16.3 Å². The zero-order chi connectivity index (χ0) is 16.8. The molecular formula is C16H20BrN5O. The molecule has 1 aromatic heterocycles. The molecule has 1 aliphatic rings. The Kier molecular flexibility index (Phi) is 3.83. The van der Waals surface area contributed by atoms with Gasteiger partial charge in [0.2, 0.25) is 0 Å². The van der Waals surface area contributed by atoms with E-state index in [1.165, 1.54) is 0 Å². The van der Waals surface area contributed by atoms with Crippen molar-refractivity contribution in [1.29, 1.82) is 0 Å². The van der Waals surface area contributed by atoms with Crippen LogP contribution < -0.4 is 10.6 Å². The lowest BCUT2D eigenvalue weighted by atomic mass is 10.0. The van der Waals surface area contributed by atoms with E-state index in [1.807, 2.05) is 50.9 Å². The summed E-state index contributed by atoms with van der Waals surface area (Å²) < 4.78 is 0.874. The topological polar surface area (TPSA) is 73.0 Å². The number of aryl methyl sites for hydroxylation is 1. The lowest BCUT2D eigenvalue weighted by Gasteiger charge is -2.32. The van der Waals surface area contributed by atoms with Crippen LogP contribution in [0.1, 0.15) is 30.7 Å². The number of fused-ring (bicyclic) bond motifs is 1. The average Bonchev–Trinajstić information content (AvgIpc) is 3.01. The van der Waals surface area contributed by atoms with Crippen LogP contribution in [0.2, 0.25) is 0 Å². The molecule has 122 valence electrons. The highest BCUT2D eigenvalue weighted by Crippen LogP contribution is 2.41. The second-order valence-electron chi connectivity index (χ2n) is 6.18. The number of nitrogens with zero attached hydrogens (tertiary/aromatic N) is 2. The van der Waals surface area contributed by atoms with Gasteiger partial charge in [0.25, 0.3) is 0 Å². The number of carbonyl (C=O) groups excluding carboxylic acids is 1. The van der Waals surface area contributed by atoms with Gasteiger partial charge in [-0.3, -0.25) is 5.10 Å². The molecule has 0 bridgehead atoms. The van der Waals surface area contributed by atoms with Crippen LogP contribution in [0.25, 0.3) is 0 Å². The van der Waals surface area contributed by atoms with E-state index < -0.39 is 5.54 Å². The van der Waals surface area contributed by atoms with Crippen LogP contribution in [0, 0.1) is 6.92 Å². The fourth-order valence-electron chi connectivity index (χ4n) is 3.01. The van der Waals surface area contributed by atoms with Crippen LogP contribution in [0.15, 0.2) is 22.7 Å². The Morgan fingerprint density at radius 2 is 2.17 bits per heavy atom. The molecule has 0 saturated carbocycles. The van der Waals surface area contributed by atoms with Gasteiger partial charge >= 0.3 is 6.03 Å². The lowest BCUT2D eigenvalue weighted by Crippen LogP contribution is -2.43. The molecule has 1 aromatic carbocycles. The highest BCUT2D eigenvalue weighted by molar-refractivity contribution is 9.10. The fourth-order valence-corrected chi connectivity index (χ4v) is 3.58. The number of benzene rings is 1. The molecule has 0 spiro atoms. The van der Waals surface area contributed by atoms with Crippen LogP contribution in [-0.4, -0.2) is 28.2 Å². The molecule has 0 radical (unpaired) electrons. The Balaban J connectivity index is 1.88. The fraction of sp³-hybridized carbons (Fsp3) is 0.375. The van der Waals surface area contributed by atoms with Gasteiger partial charge in [-0.25, -0.2) is 4.79 Å². The van der Waals surface area contributed by atoms with Crippen molar-refractivity contribution < 1.29 is 4.79 Å². The first-order chi connectivity index (χ1) is 10.9. The Morgan fingerprint density at radius 3 is 2.83 bits per heavy atom. The normalized spacial score (nSPS) is 15.4. The maximum absolute atomic E-state index is 12.8. The summed E-state index contributed by atoms with van der Waals surface area (Å²) in [4.78, 5) is 14.7. The van der Waals surface area contributed by atoms with Crippen LogP contribution >= 0.6 is 15.9 Å². The van der Waals surface area contributed by atoms with Crippen molar-refractivity contribution >= 4 is 33.5 Å². The van der Waals surface area contributed by atoms with Gasteiger partial charge < -0.3 is 15.5 Å². The number of urea groups is 1. The minimum atomic E-state index is -0.448. The molecule has 0 unspecified atom stereocenters. The Morgan fingerprint density at radius 1 is 1.43 bits per heavy atom. The van der Waals surface area contributed by atoms with E-state index in [-0.39, 0.29) is 6.03 Å². The summed E-state index contributed by atoms with van der Waals surface area (Å²) in [5, 5.41) is 13.4. The summed E-state index contributed by atoms with van der Waals surface area (Å²) >= 11 is 3.50. The van der Waals surface area contributed by atoms with E-state index in [9.17, 15) is 4.79 Å². The van der Waals surface area contributed by atoms with Crippen molar-refractivity contribution in [2.24, 2.45) is 0 Å².